The van der Waals surface area contributed by atoms with Crippen molar-refractivity contribution >= 4 is 0 Å². The summed E-state index contributed by atoms with van der Waals surface area (Å²) in [6.07, 6.45) is 2.59. The number of nitrogens with one attached hydrogen (secondary N) is 1. The fourth-order valence-electron chi connectivity index (χ4n) is 2.92. The summed E-state index contributed by atoms with van der Waals surface area (Å²) in [5, 5.41) is 3.52. The Bertz CT molecular complexity index is 648. The second-order valence-corrected chi connectivity index (χ2v) is 6.24. The molecule has 110 valence electrons. The number of halogens is 1. The monoisotopic (exact) mass is 283 g/mol. The minimum absolute atomic E-state index is 0.126. The van der Waals surface area contributed by atoms with Gasteiger partial charge in [-0.1, -0.05) is 24.3 Å². The molecule has 1 nitrogen and oxygen atoms in total. The van der Waals surface area contributed by atoms with Crippen molar-refractivity contribution in [1.82, 2.24) is 5.32 Å². The quantitative estimate of drug-likeness (QED) is 0.859. The summed E-state index contributed by atoms with van der Waals surface area (Å²) in [6, 6.07) is 10.7. The maximum absolute atomic E-state index is 14.3. The molecule has 0 bridgehead atoms. The number of hydrogen-bond acceptors (Lipinski definition) is 1. The van der Waals surface area contributed by atoms with Gasteiger partial charge in [-0.25, -0.2) is 4.39 Å². The third-order valence-corrected chi connectivity index (χ3v) is 4.16. The van der Waals surface area contributed by atoms with Gasteiger partial charge in [0.1, 0.15) is 5.82 Å². The second-order valence-electron chi connectivity index (χ2n) is 6.24. The summed E-state index contributed by atoms with van der Waals surface area (Å²) in [5.74, 6) is -0.126. The van der Waals surface area contributed by atoms with Crippen LogP contribution in [-0.4, -0.2) is 6.04 Å². The highest BCUT2D eigenvalue weighted by molar-refractivity contribution is 5.71. The number of rotatable bonds is 4. The first-order valence-corrected chi connectivity index (χ1v) is 7.64. The molecule has 0 aromatic heterocycles. The summed E-state index contributed by atoms with van der Waals surface area (Å²) in [4.78, 5) is 0. The van der Waals surface area contributed by atoms with Crippen molar-refractivity contribution in [3.8, 4) is 11.1 Å². The molecule has 2 heteroatoms. The van der Waals surface area contributed by atoms with E-state index in [4.69, 9.17) is 0 Å². The van der Waals surface area contributed by atoms with Gasteiger partial charge >= 0.3 is 0 Å². The van der Waals surface area contributed by atoms with Crippen LogP contribution < -0.4 is 5.32 Å². The van der Waals surface area contributed by atoms with E-state index >= 15 is 0 Å². The molecule has 1 aliphatic carbocycles. The average Bonchev–Trinajstić information content (AvgIpc) is 3.21. The third-order valence-electron chi connectivity index (χ3n) is 4.16. The molecule has 1 N–H and O–H groups in total. The Morgan fingerprint density at radius 3 is 2.43 bits per heavy atom. The first-order valence-electron chi connectivity index (χ1n) is 7.64. The molecule has 0 unspecified atom stereocenters. The van der Waals surface area contributed by atoms with Crippen LogP contribution in [0.2, 0.25) is 0 Å². The van der Waals surface area contributed by atoms with Crippen LogP contribution in [-0.2, 0) is 6.54 Å². The van der Waals surface area contributed by atoms with Gasteiger partial charge in [0.15, 0.2) is 0 Å². The molecule has 1 aliphatic rings. The molecular formula is C19H22FN. The van der Waals surface area contributed by atoms with Gasteiger partial charge in [0.2, 0.25) is 0 Å². The summed E-state index contributed by atoms with van der Waals surface area (Å²) >= 11 is 0. The fourth-order valence-corrected chi connectivity index (χ4v) is 2.92. The summed E-state index contributed by atoms with van der Waals surface area (Å²) in [6.45, 7) is 6.88. The Kier molecular flexibility index (Phi) is 3.81. The van der Waals surface area contributed by atoms with E-state index in [9.17, 15) is 4.39 Å². The highest BCUT2D eigenvalue weighted by Crippen LogP contribution is 2.31. The van der Waals surface area contributed by atoms with Gasteiger partial charge < -0.3 is 5.32 Å². The van der Waals surface area contributed by atoms with Crippen LogP contribution in [0, 0.1) is 26.6 Å². The Hall–Kier alpha value is -1.67. The normalized spacial score (nSPS) is 14.5. The fraction of sp³-hybridized carbons (Fsp3) is 0.368. The lowest BCUT2D eigenvalue weighted by molar-refractivity contribution is 0.629. The molecule has 0 atom stereocenters. The number of benzene rings is 2. The Balaban J connectivity index is 1.91. The zero-order valence-electron chi connectivity index (χ0n) is 13.0. The first-order chi connectivity index (χ1) is 10.0. The van der Waals surface area contributed by atoms with E-state index in [1.54, 1.807) is 6.07 Å². The molecule has 0 aliphatic heterocycles. The lowest BCUT2D eigenvalue weighted by Crippen LogP contribution is -2.15. The molecular weight excluding hydrogens is 261 g/mol. The predicted molar refractivity (Wildman–Crippen MR) is 85.9 cm³/mol. The van der Waals surface area contributed by atoms with Gasteiger partial charge in [-0.2, -0.15) is 0 Å². The van der Waals surface area contributed by atoms with E-state index in [0.29, 0.717) is 6.04 Å². The molecule has 0 radical (unpaired) electrons. The zero-order chi connectivity index (χ0) is 15.0. The van der Waals surface area contributed by atoms with E-state index in [1.165, 1.54) is 18.4 Å². The van der Waals surface area contributed by atoms with Crippen molar-refractivity contribution in [3.63, 3.8) is 0 Å². The molecule has 2 aromatic carbocycles. The van der Waals surface area contributed by atoms with E-state index in [-0.39, 0.29) is 5.82 Å². The van der Waals surface area contributed by atoms with Gasteiger partial charge in [0.05, 0.1) is 0 Å². The molecule has 0 heterocycles. The minimum Gasteiger partial charge on any atom is -0.310 e. The lowest BCUT2D eigenvalue weighted by atomic mass is 9.93. The second kappa shape index (κ2) is 5.61. The molecule has 1 saturated carbocycles. The van der Waals surface area contributed by atoms with E-state index < -0.39 is 0 Å². The number of hydrogen-bond donors (Lipinski definition) is 1. The van der Waals surface area contributed by atoms with E-state index in [1.807, 2.05) is 19.9 Å². The summed E-state index contributed by atoms with van der Waals surface area (Å²) < 4.78 is 14.3. The molecule has 0 saturated heterocycles. The van der Waals surface area contributed by atoms with Crippen LogP contribution in [0.5, 0.6) is 0 Å². The van der Waals surface area contributed by atoms with Crippen LogP contribution in [0.3, 0.4) is 0 Å². The van der Waals surface area contributed by atoms with Crippen LogP contribution in [0.25, 0.3) is 11.1 Å². The molecule has 0 amide bonds. The van der Waals surface area contributed by atoms with Crippen LogP contribution in [0.15, 0.2) is 30.3 Å². The van der Waals surface area contributed by atoms with Crippen molar-refractivity contribution in [2.24, 2.45) is 0 Å². The van der Waals surface area contributed by atoms with Crippen molar-refractivity contribution in [2.75, 3.05) is 0 Å². The van der Waals surface area contributed by atoms with E-state index in [2.05, 4.69) is 30.4 Å². The predicted octanol–water partition coefficient (Wildman–Crippen LogP) is 4.67. The minimum atomic E-state index is -0.126. The maximum atomic E-state index is 14.3. The molecule has 21 heavy (non-hydrogen) atoms. The summed E-state index contributed by atoms with van der Waals surface area (Å²) in [5.41, 5.74) is 6.11. The highest BCUT2D eigenvalue weighted by atomic mass is 19.1. The largest absolute Gasteiger partial charge is 0.310 e. The van der Waals surface area contributed by atoms with Crippen LogP contribution in [0.4, 0.5) is 4.39 Å². The maximum Gasteiger partial charge on any atom is 0.131 e. The SMILES string of the molecule is Cc1cc(C)c(-c2ccc(CNC3CC3)cc2C)c(F)c1. The molecule has 2 aromatic rings. The van der Waals surface area contributed by atoms with Crippen LogP contribution in [0.1, 0.15) is 35.1 Å². The van der Waals surface area contributed by atoms with Crippen molar-refractivity contribution in [1.29, 1.82) is 0 Å². The van der Waals surface area contributed by atoms with Gasteiger partial charge in [0, 0.05) is 18.2 Å². The van der Waals surface area contributed by atoms with Gasteiger partial charge in [-0.3, -0.25) is 0 Å². The van der Waals surface area contributed by atoms with E-state index in [0.717, 1.165) is 34.4 Å². The highest BCUT2D eigenvalue weighted by Gasteiger charge is 2.20. The van der Waals surface area contributed by atoms with Crippen molar-refractivity contribution in [2.45, 2.75) is 46.2 Å². The smallest absolute Gasteiger partial charge is 0.131 e. The van der Waals surface area contributed by atoms with Crippen molar-refractivity contribution < 1.29 is 4.39 Å². The average molecular weight is 283 g/mol. The number of aryl methyl sites for hydroxylation is 3. The Morgan fingerprint density at radius 1 is 1.05 bits per heavy atom. The summed E-state index contributed by atoms with van der Waals surface area (Å²) in [7, 11) is 0. The Labute approximate surface area is 126 Å². The molecule has 3 rings (SSSR count). The van der Waals surface area contributed by atoms with Gasteiger partial charge in [0.25, 0.3) is 0 Å². The van der Waals surface area contributed by atoms with Gasteiger partial charge in [-0.15, -0.1) is 0 Å². The van der Waals surface area contributed by atoms with Gasteiger partial charge in [-0.05, 0) is 67.5 Å². The topological polar surface area (TPSA) is 12.0 Å². The first kappa shape index (κ1) is 14.3. The standard InChI is InChI=1S/C19H22FN/c1-12-8-14(3)19(18(20)9-12)17-7-4-15(10-13(17)2)11-21-16-5-6-16/h4,7-10,16,21H,5-6,11H2,1-3H3. The third kappa shape index (κ3) is 3.16. The lowest BCUT2D eigenvalue weighted by Gasteiger charge is -2.13. The Morgan fingerprint density at radius 2 is 1.81 bits per heavy atom. The van der Waals surface area contributed by atoms with Crippen molar-refractivity contribution in [3.05, 3.63) is 58.4 Å². The zero-order valence-corrected chi connectivity index (χ0v) is 13.0. The molecule has 0 spiro atoms. The molecule has 1 fully saturated rings. The van der Waals surface area contributed by atoms with Crippen LogP contribution >= 0.6 is 0 Å².